The van der Waals surface area contributed by atoms with Crippen molar-refractivity contribution < 1.29 is 13.2 Å². The fourth-order valence-electron chi connectivity index (χ4n) is 4.48. The van der Waals surface area contributed by atoms with Crippen molar-refractivity contribution in [1.82, 2.24) is 24.1 Å². The van der Waals surface area contributed by atoms with E-state index in [1.165, 1.54) is 23.0 Å². The molecule has 0 bridgehead atoms. The molecular weight excluding hydrogens is 513 g/mol. The van der Waals surface area contributed by atoms with Crippen molar-refractivity contribution in [2.24, 2.45) is 5.92 Å². The fraction of sp³-hybridized carbons (Fsp3) is 0.455. The Hall–Kier alpha value is -2.65. The summed E-state index contributed by atoms with van der Waals surface area (Å²) in [5.74, 6) is 0.592. The molecule has 10 nitrogen and oxygen atoms in total. The van der Waals surface area contributed by atoms with Crippen molar-refractivity contribution in [3.63, 3.8) is 0 Å². The molecule has 2 fully saturated rings. The number of benzene rings is 1. The van der Waals surface area contributed by atoms with E-state index >= 15 is 0 Å². The number of nitrogens with one attached hydrogen (secondary N) is 1. The van der Waals surface area contributed by atoms with E-state index in [-0.39, 0.29) is 36.7 Å². The van der Waals surface area contributed by atoms with Gasteiger partial charge in [0.05, 0.1) is 28.7 Å². The zero-order valence-corrected chi connectivity index (χ0v) is 21.4. The fourth-order valence-corrected chi connectivity index (χ4v) is 5.61. The van der Waals surface area contributed by atoms with Crippen LogP contribution < -0.4 is 5.32 Å². The second-order valence-corrected chi connectivity index (χ2v) is 11.5. The Bertz CT molecular complexity index is 1230. The Morgan fingerprint density at radius 3 is 2.46 bits per heavy atom. The van der Waals surface area contributed by atoms with Gasteiger partial charge in [0.1, 0.15) is 11.9 Å². The molecule has 4 rings (SSSR count). The lowest BCUT2D eigenvalue weighted by atomic mass is 9.89. The van der Waals surface area contributed by atoms with E-state index in [1.807, 2.05) is 18.2 Å². The van der Waals surface area contributed by atoms with Crippen LogP contribution in [0.15, 0.2) is 30.6 Å². The first-order valence-electron chi connectivity index (χ1n) is 11.1. The third-order valence-electron chi connectivity index (χ3n) is 6.37. The third kappa shape index (κ3) is 5.95. The van der Waals surface area contributed by atoms with Gasteiger partial charge >= 0.3 is 6.03 Å². The first-order valence-corrected chi connectivity index (χ1v) is 13.7. The normalized spacial score (nSPS) is 21.1. The lowest BCUT2D eigenvalue weighted by Gasteiger charge is -2.35. The molecule has 2 atom stereocenters. The predicted octanol–water partition coefficient (Wildman–Crippen LogP) is 2.48. The van der Waals surface area contributed by atoms with E-state index in [9.17, 15) is 13.2 Å². The van der Waals surface area contributed by atoms with Crippen LogP contribution in [0.4, 0.5) is 10.6 Å². The van der Waals surface area contributed by atoms with Gasteiger partial charge in [0.2, 0.25) is 10.0 Å². The molecule has 2 saturated heterocycles. The average molecular weight is 538 g/mol. The van der Waals surface area contributed by atoms with Gasteiger partial charge in [-0.15, -0.1) is 0 Å². The Labute approximate surface area is 214 Å². The summed E-state index contributed by atoms with van der Waals surface area (Å²) in [7, 11) is -3.27. The molecule has 186 valence electrons. The molecular formula is C22H25Cl2N7O3S. The van der Waals surface area contributed by atoms with E-state index in [0.29, 0.717) is 48.6 Å². The Balaban J connectivity index is 1.48. The van der Waals surface area contributed by atoms with E-state index in [2.05, 4.69) is 15.3 Å². The number of carbonyl (C=O) groups excluding carboxylic acids is 1. The van der Waals surface area contributed by atoms with Gasteiger partial charge in [-0.1, -0.05) is 29.3 Å². The van der Waals surface area contributed by atoms with Crippen molar-refractivity contribution in [1.29, 1.82) is 5.26 Å². The topological polar surface area (TPSA) is 123 Å². The first-order chi connectivity index (χ1) is 16.7. The number of carbonyl (C=O) groups is 1. The second kappa shape index (κ2) is 10.5. The van der Waals surface area contributed by atoms with Crippen molar-refractivity contribution in [2.45, 2.75) is 5.92 Å². The van der Waals surface area contributed by atoms with Crippen molar-refractivity contribution in [3.8, 4) is 6.07 Å². The number of rotatable bonds is 5. The van der Waals surface area contributed by atoms with Crippen LogP contribution in [0.3, 0.4) is 0 Å². The number of nitrogens with zero attached hydrogens (tertiary/aromatic N) is 6. The zero-order chi connectivity index (χ0) is 25.2. The van der Waals surface area contributed by atoms with Gasteiger partial charge in [-0.3, -0.25) is 0 Å². The number of nitriles is 1. The molecule has 2 aliphatic rings. The maximum absolute atomic E-state index is 13.3. The number of urea groups is 1. The minimum atomic E-state index is -3.27. The van der Waals surface area contributed by atoms with Crippen LogP contribution in [0.25, 0.3) is 0 Å². The lowest BCUT2D eigenvalue weighted by Crippen LogP contribution is -2.53. The summed E-state index contributed by atoms with van der Waals surface area (Å²) in [6.07, 6.45) is 4.09. The molecule has 2 amide bonds. The van der Waals surface area contributed by atoms with E-state index in [1.54, 1.807) is 15.9 Å². The molecule has 1 aromatic heterocycles. The van der Waals surface area contributed by atoms with Crippen LogP contribution in [-0.2, 0) is 10.0 Å². The highest BCUT2D eigenvalue weighted by atomic mass is 35.5. The summed E-state index contributed by atoms with van der Waals surface area (Å²) in [6, 6.07) is 7.35. The summed E-state index contributed by atoms with van der Waals surface area (Å²) in [5, 5.41) is 13.1. The minimum Gasteiger partial charge on any atom is -0.368 e. The maximum Gasteiger partial charge on any atom is 0.320 e. The summed E-state index contributed by atoms with van der Waals surface area (Å²) in [6.45, 7) is 2.81. The largest absolute Gasteiger partial charge is 0.368 e. The molecule has 1 N–H and O–H groups in total. The van der Waals surface area contributed by atoms with Gasteiger partial charge in [0.25, 0.3) is 0 Å². The van der Waals surface area contributed by atoms with Crippen LogP contribution >= 0.6 is 23.2 Å². The molecule has 0 aliphatic carbocycles. The van der Waals surface area contributed by atoms with E-state index in [0.717, 1.165) is 5.56 Å². The summed E-state index contributed by atoms with van der Waals surface area (Å²) in [4.78, 5) is 25.1. The molecule has 1 aromatic carbocycles. The van der Waals surface area contributed by atoms with Gasteiger partial charge in [0, 0.05) is 57.6 Å². The molecule has 2 aliphatic heterocycles. The number of amides is 2. The second-order valence-electron chi connectivity index (χ2n) is 8.66. The highest BCUT2D eigenvalue weighted by Gasteiger charge is 2.39. The molecule has 2 aromatic rings. The monoisotopic (exact) mass is 537 g/mol. The van der Waals surface area contributed by atoms with Gasteiger partial charge in [-0.05, 0) is 17.7 Å². The number of halogens is 2. The zero-order valence-electron chi connectivity index (χ0n) is 19.1. The number of hydrogen-bond acceptors (Lipinski definition) is 7. The Morgan fingerprint density at radius 2 is 1.86 bits per heavy atom. The van der Waals surface area contributed by atoms with Crippen LogP contribution in [0.2, 0.25) is 10.0 Å². The van der Waals surface area contributed by atoms with E-state index < -0.39 is 10.0 Å². The molecule has 13 heteroatoms. The first kappa shape index (κ1) is 25.4. The summed E-state index contributed by atoms with van der Waals surface area (Å²) >= 11 is 12.4. The smallest absolute Gasteiger partial charge is 0.320 e. The van der Waals surface area contributed by atoms with Gasteiger partial charge in [0.15, 0.2) is 5.69 Å². The van der Waals surface area contributed by atoms with Crippen LogP contribution in [0, 0.1) is 17.2 Å². The molecule has 35 heavy (non-hydrogen) atoms. The minimum absolute atomic E-state index is 0.00451. The quantitative estimate of drug-likeness (QED) is 0.621. The maximum atomic E-state index is 13.3. The molecule has 0 radical (unpaired) electrons. The average Bonchev–Trinajstić information content (AvgIpc) is 3.28. The van der Waals surface area contributed by atoms with Crippen LogP contribution in [0.1, 0.15) is 17.2 Å². The van der Waals surface area contributed by atoms with Crippen molar-refractivity contribution in [3.05, 3.63) is 51.9 Å². The van der Waals surface area contributed by atoms with Crippen LogP contribution in [0.5, 0.6) is 0 Å². The highest BCUT2D eigenvalue weighted by molar-refractivity contribution is 7.88. The molecule has 0 unspecified atom stereocenters. The predicted molar refractivity (Wildman–Crippen MR) is 133 cm³/mol. The molecule has 0 spiro atoms. The number of piperazine rings is 1. The lowest BCUT2D eigenvalue weighted by molar-refractivity contribution is 0.141. The Morgan fingerprint density at radius 1 is 1.11 bits per heavy atom. The molecule has 3 heterocycles. The van der Waals surface area contributed by atoms with E-state index in [4.69, 9.17) is 28.5 Å². The highest BCUT2D eigenvalue weighted by Crippen LogP contribution is 2.36. The Kier molecular flexibility index (Phi) is 7.66. The number of anilines is 1. The van der Waals surface area contributed by atoms with Crippen molar-refractivity contribution in [2.75, 3.05) is 57.4 Å². The summed E-state index contributed by atoms with van der Waals surface area (Å²) in [5.41, 5.74) is 1.21. The standard InChI is InChI=1S/C22H25Cl2N7O3S/c1-35(33,34)31-6-4-29(5-7-31)22(32)30-13-16(10-27-21-12-26-17(9-25)11-28-21)18(14-30)15-2-3-19(23)20(24)8-15/h2-3,8,11-12,16,18H,4-7,10,13-14H2,1H3,(H,27,28)/t16-,18+/m0/s1. The van der Waals surface area contributed by atoms with Gasteiger partial charge < -0.3 is 15.1 Å². The summed E-state index contributed by atoms with van der Waals surface area (Å²) < 4.78 is 25.0. The number of likely N-dealkylation sites (tertiary alicyclic amines) is 1. The molecule has 0 saturated carbocycles. The van der Waals surface area contributed by atoms with Crippen molar-refractivity contribution >= 4 is 45.1 Å². The van der Waals surface area contributed by atoms with Crippen LogP contribution in [-0.4, -0.2) is 90.6 Å². The van der Waals surface area contributed by atoms with Gasteiger partial charge in [-0.2, -0.15) is 9.57 Å². The number of hydrogen-bond donors (Lipinski definition) is 1. The SMILES string of the molecule is CS(=O)(=O)N1CCN(C(=O)N2C[C@H](CNc3cnc(C#N)cn3)[C@@H](c3ccc(Cl)c(Cl)c3)C2)CC1. The van der Waals surface area contributed by atoms with Gasteiger partial charge in [-0.25, -0.2) is 23.2 Å². The number of aromatic nitrogens is 2. The third-order valence-corrected chi connectivity index (χ3v) is 8.42. The number of sulfonamides is 1.